The van der Waals surface area contributed by atoms with Gasteiger partial charge in [-0.05, 0) is 5.92 Å². The van der Waals surface area contributed by atoms with E-state index < -0.39 is 0 Å². The molecule has 0 N–H and O–H groups in total. The summed E-state index contributed by atoms with van der Waals surface area (Å²) < 4.78 is 0. The molecule has 0 aromatic carbocycles. The molecule has 3 rings (SSSR count). The second-order valence-electron chi connectivity index (χ2n) is 7.23. The fourth-order valence-electron chi connectivity index (χ4n) is 2.67. The highest BCUT2D eigenvalue weighted by molar-refractivity contribution is 5.50. The molecule has 0 fully saturated rings. The SMILES string of the molecule is CC(C)c1cncnc1N1Cc2cnc(C(C)(C)C)nc2C1. The van der Waals surface area contributed by atoms with Gasteiger partial charge >= 0.3 is 0 Å². The fourth-order valence-corrected chi connectivity index (χ4v) is 2.67. The van der Waals surface area contributed by atoms with Crippen LogP contribution in [0.15, 0.2) is 18.7 Å². The summed E-state index contributed by atoms with van der Waals surface area (Å²) in [5.41, 5.74) is 3.47. The fraction of sp³-hybridized carbons (Fsp3) is 0.529. The van der Waals surface area contributed by atoms with Gasteiger partial charge in [0.2, 0.25) is 0 Å². The number of rotatable bonds is 2. The molecule has 116 valence electrons. The van der Waals surface area contributed by atoms with Gasteiger partial charge in [-0.3, -0.25) is 0 Å². The van der Waals surface area contributed by atoms with Crippen LogP contribution in [0.4, 0.5) is 5.82 Å². The van der Waals surface area contributed by atoms with Crippen LogP contribution in [0, 0.1) is 0 Å². The van der Waals surface area contributed by atoms with Crippen LogP contribution in [0.1, 0.15) is 63.2 Å². The lowest BCUT2D eigenvalue weighted by atomic mass is 9.95. The molecule has 0 saturated heterocycles. The Labute approximate surface area is 131 Å². The van der Waals surface area contributed by atoms with Gasteiger partial charge in [0.1, 0.15) is 18.0 Å². The first kappa shape index (κ1) is 14.9. The lowest BCUT2D eigenvalue weighted by molar-refractivity contribution is 0.541. The van der Waals surface area contributed by atoms with Crippen LogP contribution in [0.25, 0.3) is 0 Å². The van der Waals surface area contributed by atoms with Crippen LogP contribution in [0.3, 0.4) is 0 Å². The monoisotopic (exact) mass is 297 g/mol. The van der Waals surface area contributed by atoms with E-state index in [4.69, 9.17) is 4.98 Å². The number of anilines is 1. The summed E-state index contributed by atoms with van der Waals surface area (Å²) in [4.78, 5) is 20.3. The summed E-state index contributed by atoms with van der Waals surface area (Å²) in [6.07, 6.45) is 5.51. The average Bonchev–Trinajstić information content (AvgIpc) is 2.89. The molecular formula is C17H23N5. The summed E-state index contributed by atoms with van der Waals surface area (Å²) in [5, 5.41) is 0. The zero-order valence-electron chi connectivity index (χ0n) is 14.0. The number of hydrogen-bond donors (Lipinski definition) is 0. The highest BCUT2D eigenvalue weighted by Crippen LogP contribution is 2.31. The number of fused-ring (bicyclic) bond motifs is 1. The molecule has 0 saturated carbocycles. The zero-order chi connectivity index (χ0) is 15.9. The third-order valence-electron chi connectivity index (χ3n) is 3.97. The average molecular weight is 297 g/mol. The van der Waals surface area contributed by atoms with Gasteiger partial charge < -0.3 is 4.90 Å². The molecule has 1 aliphatic rings. The molecule has 5 heteroatoms. The van der Waals surface area contributed by atoms with Crippen molar-refractivity contribution in [2.24, 2.45) is 0 Å². The van der Waals surface area contributed by atoms with Gasteiger partial charge in [-0.15, -0.1) is 0 Å². The summed E-state index contributed by atoms with van der Waals surface area (Å²) in [7, 11) is 0. The van der Waals surface area contributed by atoms with Crippen molar-refractivity contribution in [2.45, 2.75) is 59.0 Å². The van der Waals surface area contributed by atoms with Crippen molar-refractivity contribution in [1.82, 2.24) is 19.9 Å². The van der Waals surface area contributed by atoms with Gasteiger partial charge in [-0.1, -0.05) is 34.6 Å². The molecule has 0 atom stereocenters. The first-order valence-electron chi connectivity index (χ1n) is 7.76. The maximum absolute atomic E-state index is 4.78. The number of nitrogens with zero attached hydrogens (tertiary/aromatic N) is 5. The quantitative estimate of drug-likeness (QED) is 0.852. The van der Waals surface area contributed by atoms with E-state index in [-0.39, 0.29) is 5.41 Å². The molecule has 2 aromatic rings. The molecule has 0 unspecified atom stereocenters. The summed E-state index contributed by atoms with van der Waals surface area (Å²) in [5.74, 6) is 2.32. The summed E-state index contributed by atoms with van der Waals surface area (Å²) in [6.45, 7) is 12.4. The Hall–Kier alpha value is -2.04. The Kier molecular flexibility index (Phi) is 3.59. The van der Waals surface area contributed by atoms with E-state index in [9.17, 15) is 0 Å². The molecule has 0 aliphatic carbocycles. The minimum Gasteiger partial charge on any atom is -0.346 e. The van der Waals surface area contributed by atoms with Crippen molar-refractivity contribution in [3.05, 3.63) is 41.4 Å². The Balaban J connectivity index is 1.92. The zero-order valence-corrected chi connectivity index (χ0v) is 14.0. The molecule has 0 bridgehead atoms. The summed E-state index contributed by atoms with van der Waals surface area (Å²) in [6, 6.07) is 0. The van der Waals surface area contributed by atoms with Gasteiger partial charge in [0, 0.05) is 35.5 Å². The molecule has 2 aromatic heterocycles. The van der Waals surface area contributed by atoms with Crippen LogP contribution in [-0.4, -0.2) is 19.9 Å². The van der Waals surface area contributed by atoms with E-state index in [0.29, 0.717) is 5.92 Å². The second kappa shape index (κ2) is 5.30. The maximum Gasteiger partial charge on any atom is 0.136 e. The molecule has 3 heterocycles. The highest BCUT2D eigenvalue weighted by atomic mass is 15.2. The van der Waals surface area contributed by atoms with E-state index in [1.807, 2.05) is 12.4 Å². The predicted molar refractivity (Wildman–Crippen MR) is 86.7 cm³/mol. The lowest BCUT2D eigenvalue weighted by Crippen LogP contribution is -2.19. The number of aromatic nitrogens is 4. The standard InChI is InChI=1S/C17H23N5/c1-11(2)13-7-18-10-20-15(13)22-8-12-6-19-16(17(3,4)5)21-14(12)9-22/h6-7,10-11H,8-9H2,1-5H3. The van der Waals surface area contributed by atoms with E-state index in [2.05, 4.69) is 54.5 Å². The minimum absolute atomic E-state index is 0.0273. The topological polar surface area (TPSA) is 54.8 Å². The van der Waals surface area contributed by atoms with Gasteiger partial charge in [0.05, 0.1) is 12.2 Å². The molecule has 0 radical (unpaired) electrons. The molecule has 1 aliphatic heterocycles. The summed E-state index contributed by atoms with van der Waals surface area (Å²) >= 11 is 0. The van der Waals surface area contributed by atoms with Crippen LogP contribution in [0.2, 0.25) is 0 Å². The van der Waals surface area contributed by atoms with Crippen LogP contribution in [-0.2, 0) is 18.5 Å². The Morgan fingerprint density at radius 3 is 2.55 bits per heavy atom. The highest BCUT2D eigenvalue weighted by Gasteiger charge is 2.27. The maximum atomic E-state index is 4.78. The normalized spacial score (nSPS) is 14.5. The lowest BCUT2D eigenvalue weighted by Gasteiger charge is -2.20. The van der Waals surface area contributed by atoms with Gasteiger partial charge in [0.25, 0.3) is 0 Å². The van der Waals surface area contributed by atoms with Crippen molar-refractivity contribution >= 4 is 5.82 Å². The number of hydrogen-bond acceptors (Lipinski definition) is 5. The van der Waals surface area contributed by atoms with Crippen LogP contribution in [0.5, 0.6) is 0 Å². The molecule has 0 spiro atoms. The minimum atomic E-state index is -0.0273. The van der Waals surface area contributed by atoms with E-state index in [0.717, 1.165) is 30.4 Å². The second-order valence-corrected chi connectivity index (χ2v) is 7.23. The van der Waals surface area contributed by atoms with Crippen molar-refractivity contribution < 1.29 is 0 Å². The first-order chi connectivity index (χ1) is 10.4. The van der Waals surface area contributed by atoms with Crippen molar-refractivity contribution in [3.8, 4) is 0 Å². The van der Waals surface area contributed by atoms with E-state index in [1.54, 1.807) is 6.33 Å². The predicted octanol–water partition coefficient (Wildman–Crippen LogP) is 3.21. The molecule has 0 amide bonds. The van der Waals surface area contributed by atoms with E-state index in [1.165, 1.54) is 11.1 Å². The molecule has 22 heavy (non-hydrogen) atoms. The van der Waals surface area contributed by atoms with E-state index >= 15 is 0 Å². The van der Waals surface area contributed by atoms with Crippen LogP contribution < -0.4 is 4.90 Å². The van der Waals surface area contributed by atoms with Crippen molar-refractivity contribution in [3.63, 3.8) is 0 Å². The smallest absolute Gasteiger partial charge is 0.136 e. The van der Waals surface area contributed by atoms with Gasteiger partial charge in [-0.25, -0.2) is 19.9 Å². The van der Waals surface area contributed by atoms with Gasteiger partial charge in [0.15, 0.2) is 0 Å². The largest absolute Gasteiger partial charge is 0.346 e. The van der Waals surface area contributed by atoms with Crippen molar-refractivity contribution in [1.29, 1.82) is 0 Å². The third-order valence-corrected chi connectivity index (χ3v) is 3.97. The first-order valence-corrected chi connectivity index (χ1v) is 7.76. The Morgan fingerprint density at radius 1 is 1.09 bits per heavy atom. The molecule has 5 nitrogen and oxygen atoms in total. The van der Waals surface area contributed by atoms with Gasteiger partial charge in [-0.2, -0.15) is 0 Å². The Morgan fingerprint density at radius 2 is 1.86 bits per heavy atom. The van der Waals surface area contributed by atoms with Crippen LogP contribution >= 0.6 is 0 Å². The Bertz CT molecular complexity index is 688. The third kappa shape index (κ3) is 2.67. The van der Waals surface area contributed by atoms with Crippen molar-refractivity contribution in [2.75, 3.05) is 4.90 Å². The molecular weight excluding hydrogens is 274 g/mol.